The zero-order chi connectivity index (χ0) is 14.4. The van der Waals surface area contributed by atoms with Gasteiger partial charge in [-0.1, -0.05) is 12.1 Å². The van der Waals surface area contributed by atoms with Crippen LogP contribution >= 0.6 is 0 Å². The topological polar surface area (TPSA) is 53.6 Å². The summed E-state index contributed by atoms with van der Waals surface area (Å²) in [5, 5.41) is 6.02. The number of likely N-dealkylation sites (N-methyl/N-ethyl adjacent to an activating group) is 1. The number of rotatable bonds is 5. The highest BCUT2D eigenvalue weighted by Gasteiger charge is 2.16. The largest absolute Gasteiger partial charge is 0.374 e. The number of hydrogen-bond donors (Lipinski definition) is 2. The van der Waals surface area contributed by atoms with Gasteiger partial charge in [-0.2, -0.15) is 0 Å². The Labute approximate surface area is 120 Å². The van der Waals surface area contributed by atoms with Crippen molar-refractivity contribution in [2.75, 3.05) is 40.3 Å². The quantitative estimate of drug-likeness (QED) is 0.821. The number of ether oxygens (including phenoxy) is 1. The van der Waals surface area contributed by atoms with Crippen molar-refractivity contribution in [3.8, 4) is 0 Å². The monoisotopic (exact) mass is 277 g/mol. The van der Waals surface area contributed by atoms with Crippen LogP contribution in [0, 0.1) is 0 Å². The van der Waals surface area contributed by atoms with E-state index in [2.05, 4.69) is 22.6 Å². The zero-order valence-electron chi connectivity index (χ0n) is 12.2. The molecule has 1 saturated heterocycles. The number of benzene rings is 1. The minimum absolute atomic E-state index is 0.0526. The van der Waals surface area contributed by atoms with Crippen LogP contribution in [0.25, 0.3) is 0 Å². The van der Waals surface area contributed by atoms with Crippen LogP contribution < -0.4 is 10.6 Å². The SMILES string of the molecule is CNC(=O)c1ccc(CNCC2CN(C)CCO2)cc1. The molecule has 20 heavy (non-hydrogen) atoms. The Balaban J connectivity index is 1.75. The van der Waals surface area contributed by atoms with Crippen LogP contribution in [-0.4, -0.2) is 57.2 Å². The van der Waals surface area contributed by atoms with Crippen molar-refractivity contribution >= 4 is 5.91 Å². The molecule has 0 saturated carbocycles. The van der Waals surface area contributed by atoms with Gasteiger partial charge in [0.25, 0.3) is 5.91 Å². The Morgan fingerprint density at radius 2 is 2.15 bits per heavy atom. The summed E-state index contributed by atoms with van der Waals surface area (Å²) in [4.78, 5) is 13.7. The summed E-state index contributed by atoms with van der Waals surface area (Å²) < 4.78 is 5.69. The molecule has 0 spiro atoms. The van der Waals surface area contributed by atoms with Gasteiger partial charge in [-0.05, 0) is 24.7 Å². The molecule has 5 heteroatoms. The molecule has 1 amide bonds. The Kier molecular flexibility index (Phi) is 5.52. The summed E-state index contributed by atoms with van der Waals surface area (Å²) in [6.45, 7) is 4.43. The number of nitrogens with zero attached hydrogens (tertiary/aromatic N) is 1. The van der Waals surface area contributed by atoms with Crippen LogP contribution in [-0.2, 0) is 11.3 Å². The fraction of sp³-hybridized carbons (Fsp3) is 0.533. The summed E-state index contributed by atoms with van der Waals surface area (Å²) in [7, 11) is 3.76. The molecule has 1 unspecified atom stereocenters. The number of nitrogens with one attached hydrogen (secondary N) is 2. The summed E-state index contributed by atoms with van der Waals surface area (Å²) >= 11 is 0. The second kappa shape index (κ2) is 7.38. The van der Waals surface area contributed by atoms with Gasteiger partial charge in [0.2, 0.25) is 0 Å². The molecule has 0 aromatic heterocycles. The molecule has 0 aliphatic carbocycles. The van der Waals surface area contributed by atoms with Gasteiger partial charge in [-0.25, -0.2) is 0 Å². The predicted molar refractivity (Wildman–Crippen MR) is 78.8 cm³/mol. The molecule has 1 aromatic carbocycles. The molecule has 0 radical (unpaired) electrons. The molecule has 5 nitrogen and oxygen atoms in total. The van der Waals surface area contributed by atoms with E-state index >= 15 is 0 Å². The number of carbonyl (C=O) groups is 1. The standard InChI is InChI=1S/C15H23N3O2/c1-16-15(19)13-5-3-12(4-6-13)9-17-10-14-11-18(2)7-8-20-14/h3-6,14,17H,7-11H2,1-2H3,(H,16,19). The minimum atomic E-state index is -0.0526. The molecular weight excluding hydrogens is 254 g/mol. The van der Waals surface area contributed by atoms with Crippen molar-refractivity contribution in [2.24, 2.45) is 0 Å². The molecule has 0 bridgehead atoms. The third-order valence-electron chi connectivity index (χ3n) is 3.49. The third kappa shape index (κ3) is 4.30. The maximum Gasteiger partial charge on any atom is 0.251 e. The van der Waals surface area contributed by atoms with Crippen LogP contribution in [0.1, 0.15) is 15.9 Å². The van der Waals surface area contributed by atoms with Gasteiger partial charge in [-0.15, -0.1) is 0 Å². The maximum absolute atomic E-state index is 11.4. The van der Waals surface area contributed by atoms with Crippen molar-refractivity contribution in [2.45, 2.75) is 12.6 Å². The van der Waals surface area contributed by atoms with Gasteiger partial charge in [0.15, 0.2) is 0 Å². The summed E-state index contributed by atoms with van der Waals surface area (Å²) in [6, 6.07) is 7.65. The third-order valence-corrected chi connectivity index (χ3v) is 3.49. The summed E-state index contributed by atoms with van der Waals surface area (Å²) in [6.07, 6.45) is 0.263. The van der Waals surface area contributed by atoms with Gasteiger partial charge in [0.05, 0.1) is 12.7 Å². The number of amides is 1. The molecular formula is C15H23N3O2. The zero-order valence-corrected chi connectivity index (χ0v) is 12.2. The van der Waals surface area contributed by atoms with Crippen LogP contribution in [0.2, 0.25) is 0 Å². The van der Waals surface area contributed by atoms with Gasteiger partial charge >= 0.3 is 0 Å². The second-order valence-corrected chi connectivity index (χ2v) is 5.16. The molecule has 1 aromatic rings. The first-order valence-corrected chi connectivity index (χ1v) is 7.01. The molecule has 2 N–H and O–H groups in total. The van der Waals surface area contributed by atoms with Crippen molar-refractivity contribution in [3.05, 3.63) is 35.4 Å². The average Bonchev–Trinajstić information content (AvgIpc) is 2.47. The summed E-state index contributed by atoms with van der Waals surface area (Å²) in [5.74, 6) is -0.0526. The van der Waals surface area contributed by atoms with Crippen LogP contribution in [0.5, 0.6) is 0 Å². The van der Waals surface area contributed by atoms with Gasteiger partial charge in [0.1, 0.15) is 0 Å². The first-order chi connectivity index (χ1) is 9.69. The minimum Gasteiger partial charge on any atom is -0.374 e. The van der Waals surface area contributed by atoms with E-state index in [0.717, 1.165) is 32.8 Å². The smallest absolute Gasteiger partial charge is 0.251 e. The fourth-order valence-corrected chi connectivity index (χ4v) is 2.29. The van der Waals surface area contributed by atoms with E-state index in [4.69, 9.17) is 4.74 Å². The Morgan fingerprint density at radius 1 is 1.40 bits per heavy atom. The van der Waals surface area contributed by atoms with E-state index in [1.807, 2.05) is 24.3 Å². The lowest BCUT2D eigenvalue weighted by Gasteiger charge is -2.30. The Morgan fingerprint density at radius 3 is 2.80 bits per heavy atom. The molecule has 1 atom stereocenters. The van der Waals surface area contributed by atoms with Gasteiger partial charge in [-0.3, -0.25) is 4.79 Å². The fourth-order valence-electron chi connectivity index (χ4n) is 2.29. The summed E-state index contributed by atoms with van der Waals surface area (Å²) in [5.41, 5.74) is 1.86. The highest BCUT2D eigenvalue weighted by atomic mass is 16.5. The predicted octanol–water partition coefficient (Wildman–Crippen LogP) is 0.466. The van der Waals surface area contributed by atoms with Crippen molar-refractivity contribution < 1.29 is 9.53 Å². The van der Waals surface area contributed by atoms with Crippen molar-refractivity contribution in [1.29, 1.82) is 0 Å². The Bertz CT molecular complexity index is 433. The van der Waals surface area contributed by atoms with Crippen LogP contribution in [0.4, 0.5) is 0 Å². The van der Waals surface area contributed by atoms with Crippen LogP contribution in [0.15, 0.2) is 24.3 Å². The number of morpholine rings is 1. The van der Waals surface area contributed by atoms with E-state index in [0.29, 0.717) is 5.56 Å². The molecule has 1 aliphatic heterocycles. The normalized spacial score (nSPS) is 19.8. The first kappa shape index (κ1) is 15.0. The van der Waals surface area contributed by atoms with Crippen molar-refractivity contribution in [1.82, 2.24) is 15.5 Å². The number of carbonyl (C=O) groups excluding carboxylic acids is 1. The van der Waals surface area contributed by atoms with Gasteiger partial charge in [0, 0.05) is 38.8 Å². The molecule has 2 rings (SSSR count). The van der Waals surface area contributed by atoms with Gasteiger partial charge < -0.3 is 20.3 Å². The number of hydrogen-bond acceptors (Lipinski definition) is 4. The van der Waals surface area contributed by atoms with E-state index < -0.39 is 0 Å². The Hall–Kier alpha value is -1.43. The highest BCUT2D eigenvalue weighted by molar-refractivity contribution is 5.93. The highest BCUT2D eigenvalue weighted by Crippen LogP contribution is 2.05. The molecule has 110 valence electrons. The van der Waals surface area contributed by atoms with E-state index in [1.54, 1.807) is 7.05 Å². The van der Waals surface area contributed by atoms with Crippen LogP contribution in [0.3, 0.4) is 0 Å². The lowest BCUT2D eigenvalue weighted by atomic mass is 10.1. The van der Waals surface area contributed by atoms with Crippen molar-refractivity contribution in [3.63, 3.8) is 0 Å². The van der Waals surface area contributed by atoms with E-state index in [1.165, 1.54) is 5.56 Å². The molecule has 1 heterocycles. The van der Waals surface area contributed by atoms with E-state index in [9.17, 15) is 4.79 Å². The van der Waals surface area contributed by atoms with E-state index in [-0.39, 0.29) is 12.0 Å². The molecule has 1 aliphatic rings. The average molecular weight is 277 g/mol. The second-order valence-electron chi connectivity index (χ2n) is 5.16. The molecule has 1 fully saturated rings. The maximum atomic E-state index is 11.4. The first-order valence-electron chi connectivity index (χ1n) is 7.01. The lowest BCUT2D eigenvalue weighted by molar-refractivity contribution is -0.0182. The lowest BCUT2D eigenvalue weighted by Crippen LogP contribution is -2.44.